The van der Waals surface area contributed by atoms with Crippen LogP contribution in [0.5, 0.6) is 5.75 Å². The molecular formula is C10H12N2O4. The highest BCUT2D eigenvalue weighted by atomic mass is 16.4. The SMILES string of the molecule is CN(C)C(=O)Nc1ccc(O)cc1C(=O)O. The molecular weight excluding hydrogens is 212 g/mol. The van der Waals surface area contributed by atoms with Crippen molar-refractivity contribution in [2.24, 2.45) is 0 Å². The van der Waals surface area contributed by atoms with Crippen LogP contribution in [-0.2, 0) is 0 Å². The topological polar surface area (TPSA) is 89.9 Å². The average Bonchev–Trinajstić information content (AvgIpc) is 2.20. The second-order valence-electron chi connectivity index (χ2n) is 3.36. The maximum Gasteiger partial charge on any atom is 0.337 e. The first-order chi connectivity index (χ1) is 7.41. The number of nitrogens with one attached hydrogen (secondary N) is 1. The molecule has 1 rings (SSSR count). The number of carboxylic acids is 1. The van der Waals surface area contributed by atoms with E-state index in [1.165, 1.54) is 31.1 Å². The van der Waals surface area contributed by atoms with Gasteiger partial charge >= 0.3 is 12.0 Å². The van der Waals surface area contributed by atoms with E-state index in [9.17, 15) is 9.59 Å². The van der Waals surface area contributed by atoms with Gasteiger partial charge in [0.25, 0.3) is 0 Å². The van der Waals surface area contributed by atoms with E-state index in [-0.39, 0.29) is 17.0 Å². The summed E-state index contributed by atoms with van der Waals surface area (Å²) in [6.45, 7) is 0. The minimum absolute atomic E-state index is 0.143. The highest BCUT2D eigenvalue weighted by Gasteiger charge is 2.13. The molecule has 86 valence electrons. The average molecular weight is 224 g/mol. The quantitative estimate of drug-likeness (QED) is 0.658. The lowest BCUT2D eigenvalue weighted by Gasteiger charge is -2.13. The van der Waals surface area contributed by atoms with Crippen LogP contribution in [-0.4, -0.2) is 41.2 Å². The molecule has 6 heteroatoms. The Hall–Kier alpha value is -2.24. The van der Waals surface area contributed by atoms with E-state index in [2.05, 4.69) is 5.32 Å². The van der Waals surface area contributed by atoms with Crippen molar-refractivity contribution >= 4 is 17.7 Å². The maximum absolute atomic E-state index is 11.3. The van der Waals surface area contributed by atoms with Gasteiger partial charge in [-0.05, 0) is 18.2 Å². The molecule has 2 amide bonds. The number of aromatic hydroxyl groups is 1. The number of phenols is 1. The van der Waals surface area contributed by atoms with Crippen molar-refractivity contribution in [1.29, 1.82) is 0 Å². The van der Waals surface area contributed by atoms with Crippen molar-refractivity contribution < 1.29 is 19.8 Å². The number of nitrogens with zero attached hydrogens (tertiary/aromatic N) is 1. The molecule has 0 aliphatic heterocycles. The van der Waals surface area contributed by atoms with Crippen LogP contribution in [0.1, 0.15) is 10.4 Å². The molecule has 0 radical (unpaired) electrons. The number of carboxylic acid groups (broad SMARTS) is 1. The van der Waals surface area contributed by atoms with Crippen molar-refractivity contribution in [2.45, 2.75) is 0 Å². The molecule has 0 saturated heterocycles. The fourth-order valence-corrected chi connectivity index (χ4v) is 1.05. The van der Waals surface area contributed by atoms with Gasteiger partial charge in [-0.15, -0.1) is 0 Å². The highest BCUT2D eigenvalue weighted by molar-refractivity contribution is 6.00. The Labute approximate surface area is 92.1 Å². The first-order valence-corrected chi connectivity index (χ1v) is 4.46. The fourth-order valence-electron chi connectivity index (χ4n) is 1.05. The number of hydrogen-bond acceptors (Lipinski definition) is 3. The summed E-state index contributed by atoms with van der Waals surface area (Å²) < 4.78 is 0. The Morgan fingerprint density at radius 2 is 1.94 bits per heavy atom. The molecule has 1 aromatic carbocycles. The molecule has 0 bridgehead atoms. The van der Waals surface area contributed by atoms with Crippen LogP contribution in [0.15, 0.2) is 18.2 Å². The first kappa shape index (κ1) is 11.8. The second-order valence-corrected chi connectivity index (χ2v) is 3.36. The van der Waals surface area contributed by atoms with Gasteiger partial charge in [0.05, 0.1) is 11.3 Å². The van der Waals surface area contributed by atoms with Gasteiger partial charge in [0, 0.05) is 14.1 Å². The molecule has 0 aliphatic rings. The first-order valence-electron chi connectivity index (χ1n) is 4.46. The van der Waals surface area contributed by atoms with E-state index >= 15 is 0 Å². The predicted molar refractivity (Wildman–Crippen MR) is 57.8 cm³/mol. The van der Waals surface area contributed by atoms with Gasteiger partial charge in [0.1, 0.15) is 5.75 Å². The summed E-state index contributed by atoms with van der Waals surface area (Å²) in [5.74, 6) is -1.38. The van der Waals surface area contributed by atoms with Crippen molar-refractivity contribution in [3.05, 3.63) is 23.8 Å². The number of phenolic OH excluding ortho intramolecular Hbond substituents is 1. The standard InChI is InChI=1S/C10H12N2O4/c1-12(2)10(16)11-8-4-3-6(13)5-7(8)9(14)15/h3-5,13H,1-2H3,(H,11,16)(H,14,15). The highest BCUT2D eigenvalue weighted by Crippen LogP contribution is 2.21. The lowest BCUT2D eigenvalue weighted by atomic mass is 10.1. The molecule has 1 aromatic rings. The van der Waals surface area contributed by atoms with E-state index in [0.717, 1.165) is 6.07 Å². The van der Waals surface area contributed by atoms with Gasteiger partial charge in [-0.1, -0.05) is 0 Å². The third kappa shape index (κ3) is 2.63. The van der Waals surface area contributed by atoms with Crippen molar-refractivity contribution in [3.8, 4) is 5.75 Å². The van der Waals surface area contributed by atoms with E-state index in [1.54, 1.807) is 0 Å². The molecule has 0 aliphatic carbocycles. The molecule has 0 spiro atoms. The Balaban J connectivity index is 3.04. The molecule has 0 saturated carbocycles. The Bertz CT molecular complexity index is 429. The molecule has 16 heavy (non-hydrogen) atoms. The van der Waals surface area contributed by atoms with Crippen LogP contribution >= 0.6 is 0 Å². The van der Waals surface area contributed by atoms with Crippen LogP contribution in [0, 0.1) is 0 Å². The van der Waals surface area contributed by atoms with E-state index < -0.39 is 12.0 Å². The lowest BCUT2D eigenvalue weighted by Crippen LogP contribution is -2.28. The summed E-state index contributed by atoms with van der Waals surface area (Å²) in [5.41, 5.74) is -0.0146. The second kappa shape index (κ2) is 4.52. The summed E-state index contributed by atoms with van der Waals surface area (Å²) in [6, 6.07) is 3.28. The maximum atomic E-state index is 11.3. The molecule has 0 aromatic heterocycles. The van der Waals surface area contributed by atoms with Crippen LogP contribution in [0.4, 0.5) is 10.5 Å². The lowest BCUT2D eigenvalue weighted by molar-refractivity contribution is 0.0697. The molecule has 6 nitrogen and oxygen atoms in total. The molecule has 0 unspecified atom stereocenters. The van der Waals surface area contributed by atoms with Crippen LogP contribution in [0.25, 0.3) is 0 Å². The smallest absolute Gasteiger partial charge is 0.337 e. The van der Waals surface area contributed by atoms with E-state index in [1.807, 2.05) is 0 Å². The number of amides is 2. The number of urea groups is 1. The summed E-state index contributed by atoms with van der Waals surface area (Å²) in [7, 11) is 3.08. The Morgan fingerprint density at radius 1 is 1.31 bits per heavy atom. The van der Waals surface area contributed by atoms with E-state index in [0.29, 0.717) is 0 Å². The molecule has 0 heterocycles. The number of anilines is 1. The van der Waals surface area contributed by atoms with Gasteiger partial charge < -0.3 is 20.4 Å². The van der Waals surface area contributed by atoms with Gasteiger partial charge in [-0.25, -0.2) is 9.59 Å². The summed E-state index contributed by atoms with van der Waals surface area (Å²) in [5, 5.41) is 20.4. The summed E-state index contributed by atoms with van der Waals surface area (Å²) in [6.07, 6.45) is 0. The third-order valence-corrected chi connectivity index (χ3v) is 1.88. The number of aromatic carboxylic acids is 1. The van der Waals surface area contributed by atoms with Crippen LogP contribution in [0.3, 0.4) is 0 Å². The third-order valence-electron chi connectivity index (χ3n) is 1.88. The molecule has 3 N–H and O–H groups in total. The zero-order valence-electron chi connectivity index (χ0n) is 8.89. The van der Waals surface area contributed by atoms with Crippen molar-refractivity contribution in [1.82, 2.24) is 4.90 Å². The number of carbonyl (C=O) groups excluding carboxylic acids is 1. The predicted octanol–water partition coefficient (Wildman–Crippen LogP) is 1.18. The fraction of sp³-hybridized carbons (Fsp3) is 0.200. The summed E-state index contributed by atoms with van der Waals surface area (Å²) in [4.78, 5) is 23.5. The molecule has 0 atom stereocenters. The van der Waals surface area contributed by atoms with E-state index in [4.69, 9.17) is 10.2 Å². The molecule has 0 fully saturated rings. The van der Waals surface area contributed by atoms with Crippen LogP contribution in [0.2, 0.25) is 0 Å². The number of rotatable bonds is 2. The largest absolute Gasteiger partial charge is 0.508 e. The van der Waals surface area contributed by atoms with Crippen molar-refractivity contribution in [2.75, 3.05) is 19.4 Å². The van der Waals surface area contributed by atoms with Crippen molar-refractivity contribution in [3.63, 3.8) is 0 Å². The van der Waals surface area contributed by atoms with Gasteiger partial charge in [-0.2, -0.15) is 0 Å². The van der Waals surface area contributed by atoms with Gasteiger partial charge in [-0.3, -0.25) is 0 Å². The number of benzene rings is 1. The minimum atomic E-state index is -1.22. The van der Waals surface area contributed by atoms with Crippen LogP contribution < -0.4 is 5.32 Å². The number of hydrogen-bond donors (Lipinski definition) is 3. The number of carbonyl (C=O) groups is 2. The zero-order chi connectivity index (χ0) is 12.3. The van der Waals surface area contributed by atoms with Gasteiger partial charge in [0.2, 0.25) is 0 Å². The summed E-state index contributed by atoms with van der Waals surface area (Å²) >= 11 is 0. The normalized spacial score (nSPS) is 9.62. The Morgan fingerprint density at radius 3 is 2.44 bits per heavy atom. The zero-order valence-corrected chi connectivity index (χ0v) is 8.89. The Kier molecular flexibility index (Phi) is 3.34. The minimum Gasteiger partial charge on any atom is -0.508 e. The monoisotopic (exact) mass is 224 g/mol. The van der Waals surface area contributed by atoms with Gasteiger partial charge in [0.15, 0.2) is 0 Å².